The maximum atomic E-state index is 12.8. The molecule has 5 heteroatoms. The Bertz CT molecular complexity index is 362. The Labute approximate surface area is 90.6 Å². The minimum absolute atomic E-state index is 0.310. The highest BCUT2D eigenvalue weighted by Gasteiger charge is 2.17. The third-order valence-corrected chi connectivity index (χ3v) is 3.87. The van der Waals surface area contributed by atoms with E-state index in [1.54, 1.807) is 6.07 Å². The molecule has 0 spiro atoms. The number of hydrogen-bond acceptors (Lipinski definition) is 3. The molecule has 3 nitrogen and oxygen atoms in total. The maximum absolute atomic E-state index is 12.8. The predicted molar refractivity (Wildman–Crippen MR) is 58.7 cm³/mol. The number of hydrogen-bond donors (Lipinski definition) is 1. The number of pyridine rings is 1. The Hall–Kier alpha value is -0.970. The molecule has 82 valence electrons. The molecule has 1 aliphatic rings. The summed E-state index contributed by atoms with van der Waals surface area (Å²) in [7, 11) is -0.650. The second-order valence-corrected chi connectivity index (χ2v) is 5.33. The van der Waals surface area contributed by atoms with E-state index in [-0.39, 0.29) is 0 Å². The van der Waals surface area contributed by atoms with Crippen molar-refractivity contribution in [2.75, 3.05) is 16.8 Å². The molecule has 2 rings (SSSR count). The molecule has 1 saturated heterocycles. The van der Waals surface area contributed by atoms with Gasteiger partial charge in [0.25, 0.3) is 0 Å². The fourth-order valence-corrected chi connectivity index (χ4v) is 2.97. The van der Waals surface area contributed by atoms with Gasteiger partial charge < -0.3 is 5.32 Å². The zero-order chi connectivity index (χ0) is 10.7. The van der Waals surface area contributed by atoms with Gasteiger partial charge in [-0.15, -0.1) is 0 Å². The largest absolute Gasteiger partial charge is 0.382 e. The second kappa shape index (κ2) is 4.70. The van der Waals surface area contributed by atoms with Crippen LogP contribution in [0.4, 0.5) is 10.1 Å². The minimum atomic E-state index is -0.650. The SMILES string of the molecule is O=S1CCC(Nc2ccnc(F)c2)CC1. The number of halogens is 1. The van der Waals surface area contributed by atoms with Crippen LogP contribution in [0.3, 0.4) is 0 Å². The van der Waals surface area contributed by atoms with E-state index in [4.69, 9.17) is 0 Å². The third kappa shape index (κ3) is 2.99. The summed E-state index contributed by atoms with van der Waals surface area (Å²) in [6, 6.07) is 3.43. The molecule has 1 aromatic rings. The monoisotopic (exact) mass is 228 g/mol. The lowest BCUT2D eigenvalue weighted by molar-refractivity contribution is 0.582. The number of nitrogens with one attached hydrogen (secondary N) is 1. The molecule has 1 aliphatic heterocycles. The Morgan fingerprint density at radius 3 is 2.87 bits per heavy atom. The first-order chi connectivity index (χ1) is 7.24. The van der Waals surface area contributed by atoms with E-state index in [0.29, 0.717) is 6.04 Å². The van der Waals surface area contributed by atoms with Crippen molar-refractivity contribution in [3.05, 3.63) is 24.3 Å². The molecular formula is C10H13FN2OS. The molecule has 0 atom stereocenters. The van der Waals surface area contributed by atoms with Gasteiger partial charge in [-0.3, -0.25) is 4.21 Å². The quantitative estimate of drug-likeness (QED) is 0.781. The lowest BCUT2D eigenvalue weighted by atomic mass is 10.1. The lowest BCUT2D eigenvalue weighted by Crippen LogP contribution is -2.29. The Kier molecular flexibility index (Phi) is 3.30. The van der Waals surface area contributed by atoms with Crippen molar-refractivity contribution >= 4 is 16.5 Å². The van der Waals surface area contributed by atoms with Crippen LogP contribution in [0.2, 0.25) is 0 Å². The van der Waals surface area contributed by atoms with Crippen molar-refractivity contribution < 1.29 is 8.60 Å². The summed E-state index contributed by atoms with van der Waals surface area (Å²) in [5, 5.41) is 3.23. The fourth-order valence-electron chi connectivity index (χ4n) is 1.67. The lowest BCUT2D eigenvalue weighted by Gasteiger charge is -2.23. The van der Waals surface area contributed by atoms with E-state index in [1.165, 1.54) is 12.3 Å². The maximum Gasteiger partial charge on any atom is 0.214 e. The van der Waals surface area contributed by atoms with Crippen LogP contribution in [-0.2, 0) is 10.8 Å². The summed E-state index contributed by atoms with van der Waals surface area (Å²) in [5.74, 6) is 1.01. The fraction of sp³-hybridized carbons (Fsp3) is 0.500. The van der Waals surface area contributed by atoms with Gasteiger partial charge in [-0.25, -0.2) is 4.98 Å². The molecule has 0 amide bonds. The average Bonchev–Trinajstić information content (AvgIpc) is 2.22. The molecule has 0 aromatic carbocycles. The predicted octanol–water partition coefficient (Wildman–Crippen LogP) is 1.54. The smallest absolute Gasteiger partial charge is 0.214 e. The number of anilines is 1. The minimum Gasteiger partial charge on any atom is -0.382 e. The number of aromatic nitrogens is 1. The van der Waals surface area contributed by atoms with Crippen LogP contribution in [0.1, 0.15) is 12.8 Å². The van der Waals surface area contributed by atoms with Crippen LogP contribution in [0.5, 0.6) is 0 Å². The van der Waals surface area contributed by atoms with Gasteiger partial charge in [0.15, 0.2) is 0 Å². The van der Waals surface area contributed by atoms with Gasteiger partial charge >= 0.3 is 0 Å². The summed E-state index contributed by atoms with van der Waals surface area (Å²) in [5.41, 5.74) is 0.750. The third-order valence-electron chi connectivity index (χ3n) is 2.49. The van der Waals surface area contributed by atoms with E-state index >= 15 is 0 Å². The topological polar surface area (TPSA) is 42.0 Å². The van der Waals surface area contributed by atoms with Crippen LogP contribution in [0, 0.1) is 5.95 Å². The average molecular weight is 228 g/mol. The highest BCUT2D eigenvalue weighted by molar-refractivity contribution is 7.85. The van der Waals surface area contributed by atoms with Gasteiger partial charge in [0, 0.05) is 46.3 Å². The molecule has 0 unspecified atom stereocenters. The molecule has 15 heavy (non-hydrogen) atoms. The van der Waals surface area contributed by atoms with E-state index < -0.39 is 16.7 Å². The molecule has 1 N–H and O–H groups in total. The van der Waals surface area contributed by atoms with E-state index in [1.807, 2.05) is 0 Å². The Morgan fingerprint density at radius 2 is 2.20 bits per heavy atom. The normalized spacial score (nSPS) is 26.2. The second-order valence-electron chi connectivity index (χ2n) is 3.63. The summed E-state index contributed by atoms with van der Waals surface area (Å²) in [6.45, 7) is 0. The van der Waals surface area contributed by atoms with Gasteiger partial charge in [-0.1, -0.05) is 0 Å². The summed E-state index contributed by atoms with van der Waals surface area (Å²) < 4.78 is 23.9. The molecule has 1 fully saturated rings. The van der Waals surface area contributed by atoms with Crippen LogP contribution in [0.15, 0.2) is 18.3 Å². The highest BCUT2D eigenvalue weighted by atomic mass is 32.2. The Morgan fingerprint density at radius 1 is 1.47 bits per heavy atom. The van der Waals surface area contributed by atoms with Gasteiger partial charge in [-0.05, 0) is 18.9 Å². The van der Waals surface area contributed by atoms with Crippen molar-refractivity contribution in [1.82, 2.24) is 4.98 Å². The van der Waals surface area contributed by atoms with Crippen LogP contribution in [0.25, 0.3) is 0 Å². The Balaban J connectivity index is 1.94. The van der Waals surface area contributed by atoms with Gasteiger partial charge in [0.05, 0.1) is 0 Å². The molecular weight excluding hydrogens is 215 g/mol. The van der Waals surface area contributed by atoms with E-state index in [0.717, 1.165) is 30.0 Å². The summed E-state index contributed by atoms with van der Waals surface area (Å²) in [4.78, 5) is 3.49. The van der Waals surface area contributed by atoms with Crippen LogP contribution < -0.4 is 5.32 Å². The van der Waals surface area contributed by atoms with E-state index in [9.17, 15) is 8.60 Å². The standard InChI is InChI=1S/C10H13FN2OS/c11-10-7-9(1-4-12-10)13-8-2-5-15(14)6-3-8/h1,4,7-8H,2-3,5-6H2,(H,12,13). The summed E-state index contributed by atoms with van der Waals surface area (Å²) >= 11 is 0. The van der Waals surface area contributed by atoms with Crippen molar-refractivity contribution in [1.29, 1.82) is 0 Å². The first-order valence-electron chi connectivity index (χ1n) is 4.97. The van der Waals surface area contributed by atoms with Crippen molar-refractivity contribution in [2.24, 2.45) is 0 Å². The highest BCUT2D eigenvalue weighted by Crippen LogP contribution is 2.16. The number of rotatable bonds is 2. The molecule has 0 aliphatic carbocycles. The molecule has 0 saturated carbocycles. The van der Waals surface area contributed by atoms with Gasteiger partial charge in [0.1, 0.15) is 0 Å². The van der Waals surface area contributed by atoms with Crippen LogP contribution in [-0.4, -0.2) is 26.7 Å². The first kappa shape index (κ1) is 10.5. The van der Waals surface area contributed by atoms with Gasteiger partial charge in [-0.2, -0.15) is 4.39 Å². The summed E-state index contributed by atoms with van der Waals surface area (Å²) in [6.07, 6.45) is 3.21. The van der Waals surface area contributed by atoms with Gasteiger partial charge in [0.2, 0.25) is 5.95 Å². The molecule has 1 aromatic heterocycles. The molecule has 2 heterocycles. The molecule has 0 radical (unpaired) electrons. The zero-order valence-electron chi connectivity index (χ0n) is 8.28. The van der Waals surface area contributed by atoms with Crippen LogP contribution >= 0.6 is 0 Å². The van der Waals surface area contributed by atoms with Crippen molar-refractivity contribution in [2.45, 2.75) is 18.9 Å². The zero-order valence-corrected chi connectivity index (χ0v) is 9.10. The van der Waals surface area contributed by atoms with Crippen molar-refractivity contribution in [3.8, 4) is 0 Å². The molecule has 0 bridgehead atoms. The first-order valence-corrected chi connectivity index (χ1v) is 6.46. The van der Waals surface area contributed by atoms with E-state index in [2.05, 4.69) is 10.3 Å². The van der Waals surface area contributed by atoms with Crippen molar-refractivity contribution in [3.63, 3.8) is 0 Å². The number of nitrogens with zero attached hydrogens (tertiary/aromatic N) is 1.